The topological polar surface area (TPSA) is 35.2 Å². The van der Waals surface area contributed by atoms with Crippen molar-refractivity contribution in [3.63, 3.8) is 0 Å². The second-order valence-electron chi connectivity index (χ2n) is 4.33. The summed E-state index contributed by atoms with van der Waals surface area (Å²) in [4.78, 5) is 0. The first-order chi connectivity index (χ1) is 9.15. The van der Waals surface area contributed by atoms with Crippen LogP contribution >= 0.6 is 27.5 Å². The summed E-state index contributed by atoms with van der Waals surface area (Å²) in [5, 5.41) is 0.738. The van der Waals surface area contributed by atoms with Gasteiger partial charge in [0, 0.05) is 11.1 Å². The molecule has 0 aromatic heterocycles. The molecule has 19 heavy (non-hydrogen) atoms. The lowest BCUT2D eigenvalue weighted by atomic mass is 10.1. The van der Waals surface area contributed by atoms with Crippen molar-refractivity contribution in [3.8, 4) is 5.75 Å². The maximum atomic E-state index is 6.07. The molecular weight excluding hydrogens is 326 g/mol. The molecule has 2 rings (SSSR count). The third kappa shape index (κ3) is 4.53. The van der Waals surface area contributed by atoms with E-state index < -0.39 is 0 Å². The Kier molecular flexibility index (Phi) is 5.25. The highest BCUT2D eigenvalue weighted by molar-refractivity contribution is 9.10. The average Bonchev–Trinajstić information content (AvgIpc) is 2.40. The zero-order valence-corrected chi connectivity index (χ0v) is 12.7. The molecule has 0 fully saturated rings. The molecule has 0 saturated carbocycles. The predicted molar refractivity (Wildman–Crippen MR) is 82.8 cm³/mol. The molecule has 0 heterocycles. The highest BCUT2D eigenvalue weighted by Crippen LogP contribution is 2.23. The molecule has 4 heteroatoms. The Hall–Kier alpha value is -1.03. The molecule has 2 N–H and O–H groups in total. The summed E-state index contributed by atoms with van der Waals surface area (Å²) in [6.45, 7) is 0.477. The minimum absolute atomic E-state index is 0.0479. The molecule has 2 aromatic rings. The van der Waals surface area contributed by atoms with Gasteiger partial charge >= 0.3 is 0 Å². The van der Waals surface area contributed by atoms with Crippen LogP contribution in [0.5, 0.6) is 5.75 Å². The van der Waals surface area contributed by atoms with Gasteiger partial charge in [-0.2, -0.15) is 0 Å². The molecule has 0 unspecified atom stereocenters. The first-order valence-electron chi connectivity index (χ1n) is 6.02. The Morgan fingerprint density at radius 3 is 2.47 bits per heavy atom. The number of ether oxygens (including phenoxy) is 1. The van der Waals surface area contributed by atoms with E-state index in [-0.39, 0.29) is 6.04 Å². The Labute approximate surface area is 126 Å². The SMILES string of the molecule is N[C@H](COc1ccccc1Br)Cc1ccc(Cl)cc1. The van der Waals surface area contributed by atoms with Crippen molar-refractivity contribution in [2.24, 2.45) is 5.73 Å². The highest BCUT2D eigenvalue weighted by atomic mass is 79.9. The summed E-state index contributed by atoms with van der Waals surface area (Å²) < 4.78 is 6.64. The standard InChI is InChI=1S/C15H15BrClNO/c16-14-3-1-2-4-15(14)19-10-13(18)9-11-5-7-12(17)8-6-11/h1-8,13H,9-10,18H2/t13-/m0/s1. The number of halogens is 2. The number of hydrogen-bond donors (Lipinski definition) is 1. The fraction of sp³-hybridized carbons (Fsp3) is 0.200. The van der Waals surface area contributed by atoms with Crippen LogP contribution in [0.1, 0.15) is 5.56 Å². The van der Waals surface area contributed by atoms with Crippen LogP contribution in [0.25, 0.3) is 0 Å². The van der Waals surface area contributed by atoms with Crippen LogP contribution in [-0.4, -0.2) is 12.6 Å². The van der Waals surface area contributed by atoms with E-state index in [4.69, 9.17) is 22.1 Å². The Bertz CT molecular complexity index is 530. The highest BCUT2D eigenvalue weighted by Gasteiger charge is 2.07. The summed E-state index contributed by atoms with van der Waals surface area (Å²) in [6.07, 6.45) is 0.765. The van der Waals surface area contributed by atoms with Gasteiger partial charge in [0.05, 0.1) is 4.47 Å². The van der Waals surface area contributed by atoms with E-state index in [0.29, 0.717) is 6.61 Å². The van der Waals surface area contributed by atoms with E-state index in [2.05, 4.69) is 15.9 Å². The van der Waals surface area contributed by atoms with E-state index in [1.165, 1.54) is 0 Å². The van der Waals surface area contributed by atoms with Crippen molar-refractivity contribution in [3.05, 3.63) is 63.6 Å². The van der Waals surface area contributed by atoms with Crippen molar-refractivity contribution in [1.29, 1.82) is 0 Å². The zero-order valence-electron chi connectivity index (χ0n) is 10.4. The fourth-order valence-corrected chi connectivity index (χ4v) is 2.27. The molecule has 0 radical (unpaired) electrons. The first kappa shape index (κ1) is 14.4. The molecule has 0 aliphatic carbocycles. The molecule has 1 atom stereocenters. The van der Waals surface area contributed by atoms with Crippen LogP contribution in [0.4, 0.5) is 0 Å². The number of rotatable bonds is 5. The molecule has 2 nitrogen and oxygen atoms in total. The quantitative estimate of drug-likeness (QED) is 0.891. The molecule has 0 amide bonds. The van der Waals surface area contributed by atoms with Crippen LogP contribution in [0.2, 0.25) is 5.02 Å². The van der Waals surface area contributed by atoms with E-state index in [1.54, 1.807) is 0 Å². The fourth-order valence-electron chi connectivity index (χ4n) is 1.74. The zero-order chi connectivity index (χ0) is 13.7. The van der Waals surface area contributed by atoms with Crippen molar-refractivity contribution in [2.45, 2.75) is 12.5 Å². The third-order valence-corrected chi connectivity index (χ3v) is 3.61. The smallest absolute Gasteiger partial charge is 0.133 e. The average molecular weight is 341 g/mol. The van der Waals surface area contributed by atoms with Crippen LogP contribution in [0, 0.1) is 0 Å². The number of hydrogen-bond acceptors (Lipinski definition) is 2. The van der Waals surface area contributed by atoms with Crippen LogP contribution in [0.15, 0.2) is 53.0 Å². The summed E-state index contributed by atoms with van der Waals surface area (Å²) in [7, 11) is 0. The molecule has 0 aliphatic rings. The number of para-hydroxylation sites is 1. The van der Waals surface area contributed by atoms with Gasteiger partial charge in [-0.3, -0.25) is 0 Å². The lowest BCUT2D eigenvalue weighted by Crippen LogP contribution is -2.30. The van der Waals surface area contributed by atoms with Crippen molar-refractivity contribution < 1.29 is 4.74 Å². The van der Waals surface area contributed by atoms with Gasteiger partial charge in [-0.05, 0) is 52.2 Å². The lowest BCUT2D eigenvalue weighted by Gasteiger charge is -2.14. The maximum Gasteiger partial charge on any atom is 0.133 e. The van der Waals surface area contributed by atoms with E-state index >= 15 is 0 Å². The van der Waals surface area contributed by atoms with Crippen LogP contribution < -0.4 is 10.5 Å². The second kappa shape index (κ2) is 6.94. The summed E-state index contributed by atoms with van der Waals surface area (Å²) in [5.41, 5.74) is 7.23. The molecule has 0 spiro atoms. The van der Waals surface area contributed by atoms with Crippen molar-refractivity contribution in [1.82, 2.24) is 0 Å². The van der Waals surface area contributed by atoms with E-state index in [9.17, 15) is 0 Å². The van der Waals surface area contributed by atoms with E-state index in [1.807, 2.05) is 48.5 Å². The normalized spacial score (nSPS) is 12.2. The van der Waals surface area contributed by atoms with Crippen LogP contribution in [-0.2, 0) is 6.42 Å². The molecular formula is C15H15BrClNO. The Balaban J connectivity index is 1.86. The van der Waals surface area contributed by atoms with Gasteiger partial charge in [-0.1, -0.05) is 35.9 Å². The Morgan fingerprint density at radius 2 is 1.79 bits per heavy atom. The summed E-state index contributed by atoms with van der Waals surface area (Å²) in [6, 6.07) is 15.4. The predicted octanol–water partition coefficient (Wildman–Crippen LogP) is 4.05. The number of nitrogens with two attached hydrogens (primary N) is 1. The second-order valence-corrected chi connectivity index (χ2v) is 5.62. The summed E-state index contributed by atoms with van der Waals surface area (Å²) >= 11 is 9.29. The molecule has 0 aliphatic heterocycles. The third-order valence-electron chi connectivity index (χ3n) is 2.70. The molecule has 0 bridgehead atoms. The first-order valence-corrected chi connectivity index (χ1v) is 7.19. The maximum absolute atomic E-state index is 6.07. The lowest BCUT2D eigenvalue weighted by molar-refractivity contribution is 0.286. The van der Waals surface area contributed by atoms with Gasteiger partial charge in [-0.25, -0.2) is 0 Å². The van der Waals surface area contributed by atoms with Gasteiger partial charge in [0.2, 0.25) is 0 Å². The largest absolute Gasteiger partial charge is 0.491 e. The molecule has 2 aromatic carbocycles. The monoisotopic (exact) mass is 339 g/mol. The van der Waals surface area contributed by atoms with E-state index in [0.717, 1.165) is 27.2 Å². The van der Waals surface area contributed by atoms with Gasteiger partial charge < -0.3 is 10.5 Å². The van der Waals surface area contributed by atoms with Gasteiger partial charge in [-0.15, -0.1) is 0 Å². The molecule has 100 valence electrons. The minimum atomic E-state index is -0.0479. The Morgan fingerprint density at radius 1 is 1.11 bits per heavy atom. The van der Waals surface area contributed by atoms with Crippen molar-refractivity contribution >= 4 is 27.5 Å². The van der Waals surface area contributed by atoms with Gasteiger partial charge in [0.1, 0.15) is 12.4 Å². The van der Waals surface area contributed by atoms with Crippen LogP contribution in [0.3, 0.4) is 0 Å². The molecule has 0 saturated heterocycles. The van der Waals surface area contributed by atoms with Gasteiger partial charge in [0.15, 0.2) is 0 Å². The minimum Gasteiger partial charge on any atom is -0.491 e. The van der Waals surface area contributed by atoms with Crippen molar-refractivity contribution in [2.75, 3.05) is 6.61 Å². The summed E-state index contributed by atoms with van der Waals surface area (Å²) in [5.74, 6) is 0.814. The van der Waals surface area contributed by atoms with Gasteiger partial charge in [0.25, 0.3) is 0 Å². The number of benzene rings is 2.